The van der Waals surface area contributed by atoms with Gasteiger partial charge in [0.1, 0.15) is 11.4 Å². The van der Waals surface area contributed by atoms with Crippen LogP contribution in [0.25, 0.3) is 12.2 Å². The van der Waals surface area contributed by atoms with Gasteiger partial charge in [0.05, 0.1) is 7.11 Å². The zero-order valence-corrected chi connectivity index (χ0v) is 23.4. The average Bonchev–Trinajstić information content (AvgIpc) is 3.28. The lowest BCUT2D eigenvalue weighted by atomic mass is 9.97. The number of hydrogen-bond acceptors (Lipinski definition) is 6. The van der Waals surface area contributed by atoms with E-state index in [-0.39, 0.29) is 35.6 Å². The van der Waals surface area contributed by atoms with E-state index in [2.05, 4.69) is 22.6 Å². The number of sulfonamides is 1. The molecule has 2 aromatic carbocycles. The lowest BCUT2D eigenvalue weighted by molar-refractivity contribution is -0.126. The molecule has 0 radical (unpaired) electrons. The molecule has 202 valence electrons. The minimum absolute atomic E-state index is 0.0634. The maximum atomic E-state index is 13.6. The first-order valence-electron chi connectivity index (χ1n) is 12.7. The number of aromatic nitrogens is 1. The predicted octanol–water partition coefficient (Wildman–Crippen LogP) is 4.80. The fourth-order valence-electron chi connectivity index (χ4n) is 4.98. The summed E-state index contributed by atoms with van der Waals surface area (Å²) in [6, 6.07) is 11.7. The molecule has 0 aliphatic carbocycles. The van der Waals surface area contributed by atoms with Crippen molar-refractivity contribution in [2.75, 3.05) is 20.2 Å². The number of aryl methyl sites for hydroxylation is 4. The van der Waals surface area contributed by atoms with Crippen molar-refractivity contribution < 1.29 is 22.5 Å². The highest BCUT2D eigenvalue weighted by molar-refractivity contribution is 7.89. The molecule has 9 heteroatoms. The number of methoxy groups -OCH3 is 1. The van der Waals surface area contributed by atoms with Crippen LogP contribution in [0.4, 0.5) is 0 Å². The van der Waals surface area contributed by atoms with Crippen LogP contribution in [0.5, 0.6) is 5.75 Å². The molecule has 0 atom stereocenters. The molecule has 3 aromatic rings. The number of carbonyl (C=O) groups is 1. The van der Waals surface area contributed by atoms with Crippen molar-refractivity contribution in [2.45, 2.75) is 52.0 Å². The molecule has 1 N–H and O–H groups in total. The van der Waals surface area contributed by atoms with E-state index in [0.717, 1.165) is 28.0 Å². The Labute approximate surface area is 224 Å². The number of rotatable bonds is 8. The van der Waals surface area contributed by atoms with Gasteiger partial charge in [-0.15, -0.1) is 0 Å². The van der Waals surface area contributed by atoms with Gasteiger partial charge in [0, 0.05) is 25.6 Å². The van der Waals surface area contributed by atoms with Crippen molar-refractivity contribution in [3.05, 3.63) is 75.7 Å². The molecule has 0 saturated carbocycles. The zero-order chi connectivity index (χ0) is 27.4. The molecule has 4 rings (SSSR count). The maximum Gasteiger partial charge on any atom is 0.248 e. The third kappa shape index (κ3) is 6.00. The first-order valence-corrected chi connectivity index (χ1v) is 14.2. The number of nitrogens with zero attached hydrogens (tertiary/aromatic N) is 2. The summed E-state index contributed by atoms with van der Waals surface area (Å²) in [6.45, 7) is 8.67. The van der Waals surface area contributed by atoms with E-state index in [4.69, 9.17) is 9.26 Å². The third-order valence-corrected chi connectivity index (χ3v) is 9.08. The largest absolute Gasteiger partial charge is 0.497 e. The van der Waals surface area contributed by atoms with Crippen molar-refractivity contribution >= 4 is 28.1 Å². The Hall–Kier alpha value is -3.43. The second-order valence-corrected chi connectivity index (χ2v) is 11.7. The van der Waals surface area contributed by atoms with Crippen LogP contribution in [0, 0.1) is 33.6 Å². The summed E-state index contributed by atoms with van der Waals surface area (Å²) in [5, 5.41) is 6.92. The van der Waals surface area contributed by atoms with Gasteiger partial charge in [-0.05, 0) is 81.0 Å². The fraction of sp³-hybridized carbons (Fsp3) is 0.379. The van der Waals surface area contributed by atoms with Gasteiger partial charge in [0.15, 0.2) is 10.7 Å². The molecule has 1 fully saturated rings. The number of hydrogen-bond donors (Lipinski definition) is 1. The van der Waals surface area contributed by atoms with Crippen molar-refractivity contribution in [2.24, 2.45) is 5.92 Å². The van der Waals surface area contributed by atoms with Crippen LogP contribution < -0.4 is 10.1 Å². The molecular weight excluding hydrogens is 502 g/mol. The third-order valence-electron chi connectivity index (χ3n) is 7.02. The molecule has 1 aliphatic heterocycles. The minimum Gasteiger partial charge on any atom is -0.497 e. The summed E-state index contributed by atoms with van der Waals surface area (Å²) in [4.78, 5) is 12.8. The molecule has 0 unspecified atom stereocenters. The summed E-state index contributed by atoms with van der Waals surface area (Å²) in [7, 11) is -2.23. The van der Waals surface area contributed by atoms with Gasteiger partial charge in [0.25, 0.3) is 0 Å². The number of ether oxygens (including phenoxy) is 1. The van der Waals surface area contributed by atoms with E-state index in [1.54, 1.807) is 20.1 Å². The summed E-state index contributed by atoms with van der Waals surface area (Å²) in [6.07, 6.45) is 4.45. The highest BCUT2D eigenvalue weighted by Gasteiger charge is 2.35. The van der Waals surface area contributed by atoms with E-state index in [9.17, 15) is 13.2 Å². The minimum atomic E-state index is -3.84. The van der Waals surface area contributed by atoms with Gasteiger partial charge >= 0.3 is 0 Å². The van der Waals surface area contributed by atoms with Crippen LogP contribution in [-0.4, -0.2) is 44.0 Å². The van der Waals surface area contributed by atoms with E-state index < -0.39 is 10.0 Å². The fourth-order valence-corrected chi connectivity index (χ4v) is 6.70. The second kappa shape index (κ2) is 11.5. The molecular formula is C29H35N3O5S. The Balaban J connectivity index is 1.41. The SMILES string of the molecule is COc1ccc(CNC(=O)C2CCN(S(=O)(=O)c3c(C)noc3/C=C/c3c(C)cc(C)cc3C)CC2)cc1. The molecule has 2 heterocycles. The van der Waals surface area contributed by atoms with E-state index >= 15 is 0 Å². The lowest BCUT2D eigenvalue weighted by Crippen LogP contribution is -2.43. The second-order valence-electron chi connectivity index (χ2n) is 9.85. The van der Waals surface area contributed by atoms with Gasteiger partial charge < -0.3 is 14.6 Å². The number of amides is 1. The Bertz CT molecular complexity index is 1410. The number of benzene rings is 2. The van der Waals surface area contributed by atoms with E-state index in [1.807, 2.05) is 51.1 Å². The lowest BCUT2D eigenvalue weighted by Gasteiger charge is -2.30. The van der Waals surface area contributed by atoms with Gasteiger partial charge in [0.2, 0.25) is 15.9 Å². The topological polar surface area (TPSA) is 102 Å². The Kier molecular flexibility index (Phi) is 8.38. The monoisotopic (exact) mass is 537 g/mol. The predicted molar refractivity (Wildman–Crippen MR) is 147 cm³/mol. The Morgan fingerprint density at radius 2 is 1.71 bits per heavy atom. The van der Waals surface area contributed by atoms with Crippen molar-refractivity contribution in [1.82, 2.24) is 14.8 Å². The molecule has 1 saturated heterocycles. The number of nitrogens with one attached hydrogen (secondary N) is 1. The summed E-state index contributed by atoms with van der Waals surface area (Å²) < 4.78 is 39.2. The summed E-state index contributed by atoms with van der Waals surface area (Å²) in [5.41, 5.74) is 5.70. The molecule has 8 nitrogen and oxygen atoms in total. The van der Waals surface area contributed by atoms with Crippen LogP contribution in [-0.2, 0) is 21.4 Å². The zero-order valence-electron chi connectivity index (χ0n) is 22.6. The van der Waals surface area contributed by atoms with E-state index in [1.165, 1.54) is 9.87 Å². The Morgan fingerprint density at radius 3 is 2.32 bits per heavy atom. The normalized spacial score (nSPS) is 15.2. The highest BCUT2D eigenvalue weighted by atomic mass is 32.2. The van der Waals surface area contributed by atoms with Gasteiger partial charge in [-0.2, -0.15) is 4.31 Å². The van der Waals surface area contributed by atoms with Crippen LogP contribution in [0.1, 0.15) is 52.1 Å². The summed E-state index contributed by atoms with van der Waals surface area (Å²) in [5.74, 6) is 0.665. The standard InChI is InChI=1S/C29H35N3O5S/c1-19-16-20(2)26(21(3)17-19)10-11-27-28(22(4)31-37-27)38(34,35)32-14-12-24(13-15-32)29(33)30-18-23-6-8-25(36-5)9-7-23/h6-11,16-17,24H,12-15,18H2,1-5H3,(H,30,33)/b11-10+. The van der Waals surface area contributed by atoms with Crippen LogP contribution >= 0.6 is 0 Å². The quantitative estimate of drug-likeness (QED) is 0.443. The van der Waals surface area contributed by atoms with Crippen LogP contribution in [0.3, 0.4) is 0 Å². The van der Waals surface area contributed by atoms with Crippen molar-refractivity contribution in [3.8, 4) is 5.75 Å². The molecule has 1 amide bonds. The van der Waals surface area contributed by atoms with Crippen molar-refractivity contribution in [3.63, 3.8) is 0 Å². The smallest absolute Gasteiger partial charge is 0.248 e. The van der Waals surface area contributed by atoms with Gasteiger partial charge in [-0.3, -0.25) is 4.79 Å². The van der Waals surface area contributed by atoms with E-state index in [0.29, 0.717) is 25.1 Å². The van der Waals surface area contributed by atoms with Crippen LogP contribution in [0.15, 0.2) is 45.8 Å². The summed E-state index contributed by atoms with van der Waals surface area (Å²) >= 11 is 0. The maximum absolute atomic E-state index is 13.6. The first-order chi connectivity index (χ1) is 18.1. The molecule has 1 aliphatic rings. The first kappa shape index (κ1) is 27.6. The number of piperidine rings is 1. The molecule has 0 bridgehead atoms. The van der Waals surface area contributed by atoms with Crippen LogP contribution in [0.2, 0.25) is 0 Å². The number of carbonyl (C=O) groups excluding carboxylic acids is 1. The Morgan fingerprint density at radius 1 is 1.08 bits per heavy atom. The molecule has 38 heavy (non-hydrogen) atoms. The molecule has 0 spiro atoms. The van der Waals surface area contributed by atoms with Gasteiger partial charge in [-0.25, -0.2) is 8.42 Å². The average molecular weight is 538 g/mol. The molecule has 1 aromatic heterocycles. The van der Waals surface area contributed by atoms with Crippen molar-refractivity contribution in [1.29, 1.82) is 0 Å². The van der Waals surface area contributed by atoms with Gasteiger partial charge in [-0.1, -0.05) is 41.1 Å². The highest BCUT2D eigenvalue weighted by Crippen LogP contribution is 2.30.